The number of hydrogen-bond acceptors (Lipinski definition) is 6. The van der Waals surface area contributed by atoms with Crippen LogP contribution >= 0.6 is 0 Å². The van der Waals surface area contributed by atoms with Crippen LogP contribution in [0.1, 0.15) is 24.6 Å². The molecule has 0 unspecified atom stereocenters. The zero-order valence-electron chi connectivity index (χ0n) is 12.9. The van der Waals surface area contributed by atoms with Gasteiger partial charge in [-0.25, -0.2) is 4.98 Å². The average molecular weight is 324 g/mol. The molecule has 1 aliphatic heterocycles. The van der Waals surface area contributed by atoms with Crippen LogP contribution in [0.5, 0.6) is 0 Å². The zero-order valence-corrected chi connectivity index (χ0v) is 12.9. The van der Waals surface area contributed by atoms with Gasteiger partial charge in [0.05, 0.1) is 10.3 Å². The lowest BCUT2D eigenvalue weighted by Crippen LogP contribution is -2.34. The van der Waals surface area contributed by atoms with E-state index < -0.39 is 0 Å². The lowest BCUT2D eigenvalue weighted by atomic mass is 9.96. The Hall–Kier alpha value is -3.03. The van der Waals surface area contributed by atoms with Gasteiger partial charge in [0, 0.05) is 48.5 Å². The van der Waals surface area contributed by atoms with E-state index in [4.69, 9.17) is 0 Å². The second-order valence-electron chi connectivity index (χ2n) is 5.94. The summed E-state index contributed by atoms with van der Waals surface area (Å²) in [6, 6.07) is 5.25. The molecule has 0 radical (unpaired) electrons. The molecule has 1 atom stereocenters. The summed E-state index contributed by atoms with van der Waals surface area (Å²) < 4.78 is 0. The maximum absolute atomic E-state index is 11.3. The standard InChI is InChI=1S/C16H16N6O2/c23-22(24)15-4-3-14(12-5-6-17-8-13(12)15)21-7-1-2-11(9-21)16-18-10-19-20-16/h3-6,8,10-11H,1-2,7,9H2,(H,18,19,20)/t11-/m0/s1. The number of fused-ring (bicyclic) bond motifs is 1. The number of nitro groups is 1. The summed E-state index contributed by atoms with van der Waals surface area (Å²) in [5.74, 6) is 1.18. The van der Waals surface area contributed by atoms with Crippen LogP contribution in [0.3, 0.4) is 0 Å². The number of rotatable bonds is 3. The second kappa shape index (κ2) is 5.88. The van der Waals surface area contributed by atoms with Crippen LogP contribution in [-0.2, 0) is 0 Å². The Morgan fingerprint density at radius 3 is 3.00 bits per heavy atom. The minimum atomic E-state index is -0.360. The van der Waals surface area contributed by atoms with Crippen molar-refractivity contribution in [2.45, 2.75) is 18.8 Å². The molecular formula is C16H16N6O2. The molecule has 122 valence electrons. The molecular weight excluding hydrogens is 308 g/mol. The molecule has 1 aromatic carbocycles. The van der Waals surface area contributed by atoms with Crippen molar-refractivity contribution >= 4 is 22.1 Å². The van der Waals surface area contributed by atoms with Gasteiger partial charge in [-0.3, -0.25) is 20.2 Å². The predicted octanol–water partition coefficient (Wildman–Crippen LogP) is 2.65. The highest BCUT2D eigenvalue weighted by molar-refractivity contribution is 5.99. The summed E-state index contributed by atoms with van der Waals surface area (Å²) in [4.78, 5) is 21.5. The third-order valence-electron chi connectivity index (χ3n) is 4.55. The van der Waals surface area contributed by atoms with Gasteiger partial charge < -0.3 is 4.90 Å². The fourth-order valence-electron chi connectivity index (χ4n) is 3.43. The van der Waals surface area contributed by atoms with Crippen molar-refractivity contribution in [3.05, 3.63) is 52.9 Å². The van der Waals surface area contributed by atoms with E-state index in [2.05, 4.69) is 25.1 Å². The first kappa shape index (κ1) is 14.6. The second-order valence-corrected chi connectivity index (χ2v) is 5.94. The molecule has 1 fully saturated rings. The lowest BCUT2D eigenvalue weighted by Gasteiger charge is -2.34. The third kappa shape index (κ3) is 2.45. The molecule has 2 aromatic heterocycles. The fraction of sp³-hybridized carbons (Fsp3) is 0.312. The molecule has 8 nitrogen and oxygen atoms in total. The SMILES string of the molecule is O=[N+]([O-])c1ccc(N2CCC[C@H](c3ncn[nH]3)C2)c2ccncc12. The number of non-ortho nitro benzene ring substituents is 1. The van der Waals surface area contributed by atoms with Gasteiger partial charge in [-0.1, -0.05) is 0 Å². The molecule has 0 spiro atoms. The van der Waals surface area contributed by atoms with Crippen molar-refractivity contribution in [3.63, 3.8) is 0 Å². The molecule has 24 heavy (non-hydrogen) atoms. The number of nitro benzene ring substituents is 1. The predicted molar refractivity (Wildman–Crippen MR) is 89.0 cm³/mol. The molecule has 0 amide bonds. The average Bonchev–Trinajstić information content (AvgIpc) is 3.15. The maximum atomic E-state index is 11.3. The number of benzene rings is 1. The summed E-state index contributed by atoms with van der Waals surface area (Å²) >= 11 is 0. The van der Waals surface area contributed by atoms with Crippen molar-refractivity contribution in [1.82, 2.24) is 20.2 Å². The zero-order chi connectivity index (χ0) is 16.5. The van der Waals surface area contributed by atoms with Crippen molar-refractivity contribution in [1.29, 1.82) is 0 Å². The van der Waals surface area contributed by atoms with Crippen molar-refractivity contribution < 1.29 is 4.92 Å². The summed E-state index contributed by atoms with van der Waals surface area (Å²) in [6.45, 7) is 1.73. The number of aromatic nitrogens is 4. The Bertz CT molecular complexity index is 879. The topological polar surface area (TPSA) is 101 Å². The maximum Gasteiger partial charge on any atom is 0.278 e. The summed E-state index contributed by atoms with van der Waals surface area (Å²) in [7, 11) is 0. The number of hydrogen-bond donors (Lipinski definition) is 1. The van der Waals surface area contributed by atoms with Crippen LogP contribution in [0.2, 0.25) is 0 Å². The monoisotopic (exact) mass is 324 g/mol. The summed E-state index contributed by atoms with van der Waals surface area (Å²) in [6.07, 6.45) is 6.86. The van der Waals surface area contributed by atoms with Gasteiger partial charge >= 0.3 is 0 Å². The van der Waals surface area contributed by atoms with E-state index >= 15 is 0 Å². The van der Waals surface area contributed by atoms with Crippen LogP contribution in [0, 0.1) is 10.1 Å². The number of nitrogens with one attached hydrogen (secondary N) is 1. The van der Waals surface area contributed by atoms with Crippen molar-refractivity contribution in [2.75, 3.05) is 18.0 Å². The van der Waals surface area contributed by atoms with Gasteiger partial charge in [0.1, 0.15) is 12.2 Å². The Kier molecular flexibility index (Phi) is 3.56. The van der Waals surface area contributed by atoms with Crippen LogP contribution in [0.15, 0.2) is 36.9 Å². The Morgan fingerprint density at radius 2 is 2.21 bits per heavy atom. The number of aromatic amines is 1. The molecule has 0 saturated carbocycles. The fourth-order valence-corrected chi connectivity index (χ4v) is 3.43. The van der Waals surface area contributed by atoms with E-state index in [-0.39, 0.29) is 16.5 Å². The van der Waals surface area contributed by atoms with Gasteiger partial charge in [0.15, 0.2) is 0 Å². The normalized spacial score (nSPS) is 18.0. The minimum absolute atomic E-state index is 0.0886. The molecule has 3 heterocycles. The van der Waals surface area contributed by atoms with Gasteiger partial charge in [-0.2, -0.15) is 5.10 Å². The number of H-pyrrole nitrogens is 1. The molecule has 1 aliphatic rings. The van der Waals surface area contributed by atoms with E-state index in [1.165, 1.54) is 6.33 Å². The van der Waals surface area contributed by atoms with Gasteiger partial charge in [0.25, 0.3) is 5.69 Å². The quantitative estimate of drug-likeness (QED) is 0.587. The van der Waals surface area contributed by atoms with Crippen LogP contribution in [0.25, 0.3) is 10.8 Å². The molecule has 0 aliphatic carbocycles. The highest BCUT2D eigenvalue weighted by atomic mass is 16.6. The molecule has 8 heteroatoms. The van der Waals surface area contributed by atoms with Crippen molar-refractivity contribution in [3.8, 4) is 0 Å². The highest BCUT2D eigenvalue weighted by Gasteiger charge is 2.25. The molecule has 0 bridgehead atoms. The number of anilines is 1. The highest BCUT2D eigenvalue weighted by Crippen LogP contribution is 2.36. The number of piperidine rings is 1. The smallest absolute Gasteiger partial charge is 0.278 e. The third-order valence-corrected chi connectivity index (χ3v) is 4.55. The van der Waals surface area contributed by atoms with Crippen LogP contribution < -0.4 is 4.90 Å². The van der Waals surface area contributed by atoms with E-state index in [0.29, 0.717) is 5.39 Å². The number of nitrogens with zero attached hydrogens (tertiary/aromatic N) is 5. The summed E-state index contributed by atoms with van der Waals surface area (Å²) in [5, 5.41) is 19.6. The first-order valence-electron chi connectivity index (χ1n) is 7.85. The minimum Gasteiger partial charge on any atom is -0.370 e. The molecule has 1 saturated heterocycles. The first-order chi connectivity index (χ1) is 11.7. The largest absolute Gasteiger partial charge is 0.370 e. The summed E-state index contributed by atoms with van der Waals surface area (Å²) in [5.41, 5.74) is 1.09. The number of pyridine rings is 1. The van der Waals surface area contributed by atoms with E-state index in [1.807, 2.05) is 12.1 Å². The van der Waals surface area contributed by atoms with Gasteiger partial charge in [0.2, 0.25) is 0 Å². The van der Waals surface area contributed by atoms with E-state index in [1.54, 1.807) is 18.5 Å². The van der Waals surface area contributed by atoms with E-state index in [9.17, 15) is 10.1 Å². The molecule has 3 aromatic rings. The van der Waals surface area contributed by atoms with Crippen LogP contribution in [-0.4, -0.2) is 38.2 Å². The Morgan fingerprint density at radius 1 is 1.29 bits per heavy atom. The molecule has 1 N–H and O–H groups in total. The Labute approximate surface area is 137 Å². The van der Waals surface area contributed by atoms with E-state index in [0.717, 1.165) is 42.8 Å². The van der Waals surface area contributed by atoms with Gasteiger partial charge in [-0.05, 0) is 25.0 Å². The first-order valence-corrected chi connectivity index (χ1v) is 7.85. The van der Waals surface area contributed by atoms with Crippen molar-refractivity contribution in [2.24, 2.45) is 0 Å². The van der Waals surface area contributed by atoms with Gasteiger partial charge in [-0.15, -0.1) is 0 Å². The molecule has 4 rings (SSSR count). The Balaban J connectivity index is 1.74. The lowest BCUT2D eigenvalue weighted by molar-refractivity contribution is -0.383. The van der Waals surface area contributed by atoms with Crippen LogP contribution in [0.4, 0.5) is 11.4 Å².